The van der Waals surface area contributed by atoms with E-state index in [2.05, 4.69) is 5.32 Å². The predicted octanol–water partition coefficient (Wildman–Crippen LogP) is -0.678. The Hall–Kier alpha value is -3.27. The van der Waals surface area contributed by atoms with Gasteiger partial charge in [-0.1, -0.05) is 6.07 Å². The summed E-state index contributed by atoms with van der Waals surface area (Å²) >= 11 is 0. The van der Waals surface area contributed by atoms with Gasteiger partial charge in [-0.3, -0.25) is 34.2 Å². The van der Waals surface area contributed by atoms with Gasteiger partial charge < -0.3 is 15.8 Å². The molecule has 1 unspecified atom stereocenters. The van der Waals surface area contributed by atoms with Crippen molar-refractivity contribution in [3.05, 3.63) is 29.3 Å². The smallest absolute Gasteiger partial charge is 0.266 e. The van der Waals surface area contributed by atoms with Crippen LogP contribution in [-0.2, 0) is 14.4 Å². The summed E-state index contributed by atoms with van der Waals surface area (Å²) in [5.41, 5.74) is 5.40. The Kier molecular flexibility index (Phi) is 5.80. The third kappa shape index (κ3) is 4.27. The van der Waals surface area contributed by atoms with E-state index in [1.807, 2.05) is 0 Å². The van der Waals surface area contributed by atoms with Crippen molar-refractivity contribution >= 4 is 29.5 Å². The zero-order valence-corrected chi connectivity index (χ0v) is 15.7. The molecule has 0 aromatic heterocycles. The van der Waals surface area contributed by atoms with Crippen LogP contribution in [-0.4, -0.2) is 60.2 Å². The quantitative estimate of drug-likeness (QED) is 0.385. The predicted molar refractivity (Wildman–Crippen MR) is 99.9 cm³/mol. The highest BCUT2D eigenvalue weighted by Gasteiger charge is 2.46. The summed E-state index contributed by atoms with van der Waals surface area (Å²) in [5, 5.41) is 2.89. The average Bonchev–Trinajstić information content (AvgIpc) is 2.97. The minimum absolute atomic E-state index is 0.0179. The van der Waals surface area contributed by atoms with Gasteiger partial charge in [-0.25, -0.2) is 0 Å². The number of hydrogen-bond acceptors (Lipinski definition) is 7. The number of piperidine rings is 1. The van der Waals surface area contributed by atoms with Gasteiger partial charge in [0.1, 0.15) is 11.8 Å². The maximum Gasteiger partial charge on any atom is 0.266 e. The van der Waals surface area contributed by atoms with Crippen LogP contribution < -0.4 is 21.1 Å². The first-order chi connectivity index (χ1) is 14.3. The number of nitrogens with zero attached hydrogens (tertiary/aromatic N) is 1. The van der Waals surface area contributed by atoms with E-state index in [-0.39, 0.29) is 36.3 Å². The summed E-state index contributed by atoms with van der Waals surface area (Å²) in [7, 11) is 0. The second-order valence-corrected chi connectivity index (χ2v) is 6.69. The van der Waals surface area contributed by atoms with Crippen LogP contribution in [0.4, 0.5) is 0 Å². The standard InChI is InChI=1S/C19H22N4O6/c20-8-1-2-9-21-15(25)10-29-13-5-3-4-11-16(13)19(28)23(18(11)27)12-6-7-14(24)22-17(12)26/h3-5,12H,1-2,6-10,20H2,(H,21,25)(H,22,24,26)/i/hD. The number of fused-ring (bicyclic) bond motifs is 1. The molecule has 1 fully saturated rings. The van der Waals surface area contributed by atoms with Crippen molar-refractivity contribution < 1.29 is 30.1 Å². The number of imide groups is 2. The zero-order chi connectivity index (χ0) is 21.8. The molecule has 4 N–H and O–H groups in total. The largest absolute Gasteiger partial charge is 0.483 e. The topological polar surface area (TPSA) is 148 Å². The molecule has 0 spiro atoms. The summed E-state index contributed by atoms with van der Waals surface area (Å²) in [4.78, 5) is 62.1. The van der Waals surface area contributed by atoms with E-state index < -0.39 is 42.2 Å². The molecular weight excluding hydrogens is 380 g/mol. The van der Waals surface area contributed by atoms with E-state index in [1.165, 1.54) is 18.2 Å². The Balaban J connectivity index is 1.73. The zero-order valence-electron chi connectivity index (χ0n) is 16.7. The summed E-state index contributed by atoms with van der Waals surface area (Å²) in [6.45, 7) is 0.184. The van der Waals surface area contributed by atoms with E-state index >= 15 is 0 Å². The number of unbranched alkanes of at least 4 members (excludes halogenated alkanes) is 1. The van der Waals surface area contributed by atoms with Crippen molar-refractivity contribution in [1.29, 1.82) is 0 Å². The third-order valence-electron chi connectivity index (χ3n) is 4.68. The molecule has 2 aliphatic heterocycles. The van der Waals surface area contributed by atoms with Crippen LogP contribution in [0.3, 0.4) is 0 Å². The number of benzene rings is 1. The molecule has 1 aromatic carbocycles. The molecule has 0 bridgehead atoms. The Morgan fingerprint density at radius 1 is 1.28 bits per heavy atom. The fraction of sp³-hybridized carbons (Fsp3) is 0.421. The molecule has 0 aliphatic carbocycles. The van der Waals surface area contributed by atoms with E-state index in [4.69, 9.17) is 11.9 Å². The van der Waals surface area contributed by atoms with E-state index in [1.54, 1.807) is 0 Å². The van der Waals surface area contributed by atoms with Crippen LogP contribution in [0.25, 0.3) is 0 Å². The van der Waals surface area contributed by atoms with Crippen LogP contribution in [0.1, 0.15) is 46.4 Å². The molecule has 1 atom stereocenters. The number of amides is 5. The number of nitrogens with one attached hydrogen (secondary N) is 2. The van der Waals surface area contributed by atoms with E-state index in [9.17, 15) is 24.0 Å². The highest BCUT2D eigenvalue weighted by atomic mass is 16.5. The lowest BCUT2D eigenvalue weighted by molar-refractivity contribution is -0.136. The summed E-state index contributed by atoms with van der Waals surface area (Å²) < 4.78 is 13.2. The lowest BCUT2D eigenvalue weighted by Crippen LogP contribution is -2.54. The van der Waals surface area contributed by atoms with Crippen molar-refractivity contribution in [2.45, 2.75) is 31.7 Å². The van der Waals surface area contributed by atoms with Crippen molar-refractivity contribution in [2.75, 3.05) is 19.7 Å². The minimum Gasteiger partial charge on any atom is -0.483 e. The molecule has 0 radical (unpaired) electrons. The average molecular weight is 403 g/mol. The van der Waals surface area contributed by atoms with Gasteiger partial charge in [0.05, 0.1) is 11.1 Å². The fourth-order valence-electron chi connectivity index (χ4n) is 3.25. The van der Waals surface area contributed by atoms with Crippen LogP contribution >= 0.6 is 0 Å². The molecule has 1 saturated heterocycles. The summed E-state index contributed by atoms with van der Waals surface area (Å²) in [6, 6.07) is 3.28. The van der Waals surface area contributed by atoms with Gasteiger partial charge in [-0.05, 0) is 37.9 Å². The highest BCUT2D eigenvalue weighted by molar-refractivity contribution is 6.24. The van der Waals surface area contributed by atoms with Crippen LogP contribution in [0, 0.1) is 0 Å². The van der Waals surface area contributed by atoms with Gasteiger partial charge >= 0.3 is 0 Å². The number of nitrogens with two attached hydrogens (primary N) is 1. The van der Waals surface area contributed by atoms with Crippen molar-refractivity contribution in [2.24, 2.45) is 5.73 Å². The molecule has 2 aliphatic rings. The number of carbonyl (C=O) groups excluding carboxylic acids is 5. The van der Waals surface area contributed by atoms with Gasteiger partial charge in [-0.15, -0.1) is 0 Å². The van der Waals surface area contributed by atoms with Crippen molar-refractivity contribution in [3.63, 3.8) is 0 Å². The molecular formula is C19H22N4O6. The maximum atomic E-state index is 12.9. The van der Waals surface area contributed by atoms with Crippen LogP contribution in [0.15, 0.2) is 18.2 Å². The first kappa shape index (κ1) is 19.1. The molecule has 10 nitrogen and oxygen atoms in total. The molecule has 0 saturated carbocycles. The van der Waals surface area contributed by atoms with Crippen LogP contribution in [0.5, 0.6) is 5.75 Å². The second-order valence-electron chi connectivity index (χ2n) is 6.69. The monoisotopic (exact) mass is 403 g/mol. The summed E-state index contributed by atoms with van der Waals surface area (Å²) in [5.74, 6) is -3.14. The Labute approximate surface area is 168 Å². The SMILES string of the molecule is [2H]N(CCCCN)C(=O)COc1cccc2c1C(=O)N(C1CCC(=O)NC1=O)C2=O. The number of carbonyl (C=O) groups is 5. The van der Waals surface area contributed by atoms with Gasteiger partial charge in [0, 0.05) is 13.0 Å². The molecule has 5 amide bonds. The fourth-order valence-corrected chi connectivity index (χ4v) is 3.25. The number of rotatable bonds is 8. The van der Waals surface area contributed by atoms with Gasteiger partial charge in [0.15, 0.2) is 8.02 Å². The summed E-state index contributed by atoms with van der Waals surface area (Å²) in [6.07, 6.45) is 1.33. The molecule has 154 valence electrons. The normalized spacial score (nSPS) is 19.0. The molecule has 3 rings (SSSR count). The minimum atomic E-state index is -1.09. The van der Waals surface area contributed by atoms with Gasteiger partial charge in [-0.2, -0.15) is 0 Å². The molecule has 29 heavy (non-hydrogen) atoms. The Morgan fingerprint density at radius 3 is 2.79 bits per heavy atom. The lowest BCUT2D eigenvalue weighted by Gasteiger charge is -2.27. The Morgan fingerprint density at radius 2 is 2.07 bits per heavy atom. The third-order valence-corrected chi connectivity index (χ3v) is 4.68. The Bertz CT molecular complexity index is 905. The van der Waals surface area contributed by atoms with Crippen molar-refractivity contribution in [3.8, 4) is 5.75 Å². The highest BCUT2D eigenvalue weighted by Crippen LogP contribution is 2.33. The molecule has 1 aromatic rings. The number of hydrogen-bond donors (Lipinski definition) is 3. The second kappa shape index (κ2) is 8.82. The van der Waals surface area contributed by atoms with Crippen LogP contribution in [0.2, 0.25) is 1.41 Å². The number of ether oxygens (including phenoxy) is 1. The molecule has 2 heterocycles. The van der Waals surface area contributed by atoms with Gasteiger partial charge in [0.25, 0.3) is 17.7 Å². The van der Waals surface area contributed by atoms with E-state index in [0.29, 0.717) is 19.4 Å². The first-order valence-electron chi connectivity index (χ1n) is 9.76. The lowest BCUT2D eigenvalue weighted by atomic mass is 10.0. The maximum absolute atomic E-state index is 12.9. The van der Waals surface area contributed by atoms with Gasteiger partial charge in [0.2, 0.25) is 11.8 Å². The molecule has 10 heteroatoms. The van der Waals surface area contributed by atoms with E-state index in [0.717, 1.165) is 10.2 Å². The first-order valence-corrected chi connectivity index (χ1v) is 9.31. The van der Waals surface area contributed by atoms with Crippen molar-refractivity contribution in [1.82, 2.24) is 15.5 Å².